The van der Waals surface area contributed by atoms with Crippen molar-refractivity contribution in [2.45, 2.75) is 6.92 Å². The van der Waals surface area contributed by atoms with Crippen LogP contribution in [-0.4, -0.2) is 19.2 Å². The van der Waals surface area contributed by atoms with Gasteiger partial charge in [-0.1, -0.05) is 42.5 Å². The first-order chi connectivity index (χ1) is 16.1. The number of rotatable bonds is 6. The van der Waals surface area contributed by atoms with Gasteiger partial charge < -0.3 is 9.47 Å². The molecule has 4 nitrogen and oxygen atoms in total. The van der Waals surface area contributed by atoms with Gasteiger partial charge in [-0.05, 0) is 59.7 Å². The molecule has 1 aromatic heterocycles. The van der Waals surface area contributed by atoms with Gasteiger partial charge in [0.1, 0.15) is 22.7 Å². The van der Waals surface area contributed by atoms with Crippen LogP contribution in [-0.2, 0) is 0 Å². The van der Waals surface area contributed by atoms with E-state index in [-0.39, 0.29) is 5.78 Å². The highest BCUT2D eigenvalue weighted by atomic mass is 32.1. The molecule has 0 saturated carbocycles. The van der Waals surface area contributed by atoms with Gasteiger partial charge >= 0.3 is 0 Å². The van der Waals surface area contributed by atoms with Crippen LogP contribution in [0.25, 0.3) is 20.9 Å². The third-order valence-electron chi connectivity index (χ3n) is 5.64. The first-order valence-electron chi connectivity index (χ1n) is 10.4. The Morgan fingerprint density at radius 2 is 1.64 bits per heavy atom. The first-order valence-corrected chi connectivity index (χ1v) is 11.3. The normalized spacial score (nSPS) is 11.0. The second-order valence-corrected chi connectivity index (χ2v) is 8.81. The van der Waals surface area contributed by atoms with Gasteiger partial charge in [-0.2, -0.15) is 0 Å². The molecule has 0 aliphatic rings. The maximum absolute atomic E-state index is 13.6. The first kappa shape index (κ1) is 20.9. The topological polar surface area (TPSA) is 52.6 Å². The molecule has 0 amide bonds. The van der Waals surface area contributed by atoms with Gasteiger partial charge in [-0.3, -0.25) is 9.59 Å². The lowest BCUT2D eigenvalue weighted by atomic mass is 10.0. The Bertz CT molecular complexity index is 1530. The van der Waals surface area contributed by atoms with Gasteiger partial charge in [0.25, 0.3) is 0 Å². The highest BCUT2D eigenvalue weighted by Gasteiger charge is 2.23. The zero-order valence-corrected chi connectivity index (χ0v) is 18.9. The van der Waals surface area contributed by atoms with Crippen LogP contribution in [0.2, 0.25) is 0 Å². The average molecular weight is 453 g/mol. The van der Waals surface area contributed by atoms with Crippen LogP contribution < -0.4 is 9.47 Å². The van der Waals surface area contributed by atoms with E-state index in [9.17, 15) is 9.59 Å². The van der Waals surface area contributed by atoms with E-state index >= 15 is 0 Å². The lowest BCUT2D eigenvalue weighted by Crippen LogP contribution is -2.03. The minimum absolute atomic E-state index is 0.0697. The lowest BCUT2D eigenvalue weighted by molar-refractivity contribution is 0.103. The molecular formula is C28H20O4S. The summed E-state index contributed by atoms with van der Waals surface area (Å²) in [7, 11) is 1.62. The van der Waals surface area contributed by atoms with Crippen molar-refractivity contribution in [3.8, 4) is 17.2 Å². The largest absolute Gasteiger partial charge is 0.497 e. The zero-order valence-electron chi connectivity index (χ0n) is 18.1. The fraction of sp³-hybridized carbons (Fsp3) is 0.0714. The van der Waals surface area contributed by atoms with Crippen LogP contribution in [0.3, 0.4) is 0 Å². The Balaban J connectivity index is 1.63. The lowest BCUT2D eigenvalue weighted by Gasteiger charge is -2.10. The van der Waals surface area contributed by atoms with Gasteiger partial charge in [0.2, 0.25) is 5.78 Å². The molecule has 0 radical (unpaired) electrons. The van der Waals surface area contributed by atoms with Crippen LogP contribution >= 0.6 is 11.3 Å². The number of hydrogen-bond donors (Lipinski definition) is 0. The van der Waals surface area contributed by atoms with Crippen molar-refractivity contribution in [3.05, 3.63) is 100 Å². The minimum atomic E-state index is -0.0697. The van der Waals surface area contributed by atoms with E-state index in [1.54, 1.807) is 13.2 Å². The van der Waals surface area contributed by atoms with E-state index in [2.05, 4.69) is 0 Å². The molecule has 1 heterocycles. The molecule has 0 fully saturated rings. The minimum Gasteiger partial charge on any atom is -0.497 e. The van der Waals surface area contributed by atoms with Crippen LogP contribution in [0.4, 0.5) is 0 Å². The van der Waals surface area contributed by atoms with Crippen molar-refractivity contribution in [2.24, 2.45) is 0 Å². The third kappa shape index (κ3) is 3.88. The standard InChI is InChI=1S/C28H20O4S/c1-17-5-3-4-6-23(17)26(30)28-27(24-12-11-21(31-2)15-25(24)33-28)32-22-10-9-19-13-18(16-29)7-8-20(19)14-22/h3-16H,1-2H3. The van der Waals surface area contributed by atoms with Crippen LogP contribution in [0.1, 0.15) is 31.2 Å². The number of carbonyl (C=O) groups is 2. The number of benzene rings is 4. The molecule has 5 aromatic rings. The quantitative estimate of drug-likeness (QED) is 0.202. The second-order valence-electron chi connectivity index (χ2n) is 7.75. The molecule has 5 rings (SSSR count). The van der Waals surface area contributed by atoms with Crippen molar-refractivity contribution in [1.82, 2.24) is 0 Å². The second kappa shape index (κ2) is 8.52. The van der Waals surface area contributed by atoms with Gasteiger partial charge in [0.05, 0.1) is 7.11 Å². The highest BCUT2D eigenvalue weighted by Crippen LogP contribution is 2.43. The maximum Gasteiger partial charge on any atom is 0.207 e. The van der Waals surface area contributed by atoms with Gasteiger partial charge in [0, 0.05) is 21.2 Å². The molecule has 0 unspecified atom stereocenters. The Hall–Kier alpha value is -3.96. The van der Waals surface area contributed by atoms with Gasteiger partial charge in [-0.25, -0.2) is 0 Å². The fourth-order valence-corrected chi connectivity index (χ4v) is 4.99. The van der Waals surface area contributed by atoms with Crippen molar-refractivity contribution >= 4 is 44.3 Å². The zero-order chi connectivity index (χ0) is 22.9. The third-order valence-corrected chi connectivity index (χ3v) is 6.77. The summed E-state index contributed by atoms with van der Waals surface area (Å²) in [5.74, 6) is 1.81. The SMILES string of the molecule is COc1ccc2c(Oc3ccc4cc(C=O)ccc4c3)c(C(=O)c3ccccc3C)sc2c1. The number of ketones is 1. The molecule has 0 aliphatic heterocycles. The van der Waals surface area contributed by atoms with Crippen LogP contribution in [0.15, 0.2) is 78.9 Å². The smallest absolute Gasteiger partial charge is 0.207 e. The summed E-state index contributed by atoms with van der Waals surface area (Å²) in [5.41, 5.74) is 2.20. The van der Waals surface area contributed by atoms with Gasteiger partial charge in [0.15, 0.2) is 5.75 Å². The van der Waals surface area contributed by atoms with Crippen LogP contribution in [0, 0.1) is 6.92 Å². The van der Waals surface area contributed by atoms with E-state index in [4.69, 9.17) is 9.47 Å². The maximum atomic E-state index is 13.6. The number of hydrogen-bond acceptors (Lipinski definition) is 5. The summed E-state index contributed by atoms with van der Waals surface area (Å²) in [6.07, 6.45) is 0.832. The summed E-state index contributed by atoms with van der Waals surface area (Å²) in [6.45, 7) is 1.93. The highest BCUT2D eigenvalue weighted by molar-refractivity contribution is 7.21. The number of fused-ring (bicyclic) bond motifs is 2. The molecule has 0 saturated heterocycles. The van der Waals surface area contributed by atoms with Crippen molar-refractivity contribution in [2.75, 3.05) is 7.11 Å². The molecule has 33 heavy (non-hydrogen) atoms. The molecule has 5 heteroatoms. The predicted octanol–water partition coefficient (Wildman–Crippen LogP) is 7.21. The van der Waals surface area contributed by atoms with E-state index < -0.39 is 0 Å². The molecule has 0 aliphatic carbocycles. The Labute approximate surface area is 195 Å². The summed E-state index contributed by atoms with van der Waals surface area (Å²) < 4.78 is 12.7. The monoisotopic (exact) mass is 452 g/mol. The van der Waals surface area contributed by atoms with E-state index in [0.717, 1.165) is 38.5 Å². The Kier molecular flexibility index (Phi) is 5.40. The number of aldehydes is 1. The van der Waals surface area contributed by atoms with E-state index in [1.165, 1.54) is 11.3 Å². The molecule has 0 spiro atoms. The molecule has 162 valence electrons. The molecule has 0 bridgehead atoms. The Morgan fingerprint density at radius 1 is 0.879 bits per heavy atom. The average Bonchev–Trinajstić information content (AvgIpc) is 3.20. The molecular weight excluding hydrogens is 432 g/mol. The molecule has 4 aromatic carbocycles. The Morgan fingerprint density at radius 3 is 2.42 bits per heavy atom. The summed E-state index contributed by atoms with van der Waals surface area (Å²) in [4.78, 5) is 25.2. The van der Waals surface area contributed by atoms with Crippen molar-refractivity contribution in [3.63, 3.8) is 0 Å². The summed E-state index contributed by atoms with van der Waals surface area (Å²) in [6, 6.07) is 24.5. The number of aryl methyl sites for hydroxylation is 1. The van der Waals surface area contributed by atoms with Gasteiger partial charge in [-0.15, -0.1) is 11.3 Å². The number of ether oxygens (including phenoxy) is 2. The van der Waals surface area contributed by atoms with Crippen LogP contribution in [0.5, 0.6) is 17.2 Å². The van der Waals surface area contributed by atoms with E-state index in [1.807, 2.05) is 79.7 Å². The number of thiophene rings is 1. The van der Waals surface area contributed by atoms with E-state index in [0.29, 0.717) is 27.5 Å². The predicted molar refractivity (Wildman–Crippen MR) is 132 cm³/mol. The number of carbonyl (C=O) groups excluding carboxylic acids is 2. The van der Waals surface area contributed by atoms with Crippen molar-refractivity contribution < 1.29 is 19.1 Å². The number of methoxy groups -OCH3 is 1. The molecule has 0 atom stereocenters. The molecule has 0 N–H and O–H groups in total. The fourth-order valence-electron chi connectivity index (χ4n) is 3.88. The summed E-state index contributed by atoms with van der Waals surface area (Å²) in [5, 5.41) is 2.75. The van der Waals surface area contributed by atoms with Crippen molar-refractivity contribution in [1.29, 1.82) is 0 Å². The summed E-state index contributed by atoms with van der Waals surface area (Å²) >= 11 is 1.40.